The molecule has 0 spiro atoms. The topological polar surface area (TPSA) is 109 Å². The molecule has 0 radical (unpaired) electrons. The molecule has 0 amide bonds. The lowest BCUT2D eigenvalue weighted by atomic mass is 9.76. The van der Waals surface area contributed by atoms with Crippen LogP contribution in [0.3, 0.4) is 0 Å². The number of hydrogen-bond donors (Lipinski definition) is 3. The van der Waals surface area contributed by atoms with Gasteiger partial charge in [0.1, 0.15) is 17.1 Å². The van der Waals surface area contributed by atoms with Gasteiger partial charge in [0.05, 0.1) is 43.7 Å². The highest BCUT2D eigenvalue weighted by Gasteiger charge is 2.59. The first-order chi connectivity index (χ1) is 15.9. The molecular formula is C25H24BrNO6. The van der Waals surface area contributed by atoms with E-state index >= 15 is 0 Å². The number of nitrogens with zero attached hydrogens (tertiary/aromatic N) is 1. The highest BCUT2D eigenvalue weighted by Crippen LogP contribution is 2.55. The van der Waals surface area contributed by atoms with Gasteiger partial charge in [-0.15, -0.1) is 0 Å². The Morgan fingerprint density at radius 3 is 2.39 bits per heavy atom. The van der Waals surface area contributed by atoms with Crippen LogP contribution in [0.4, 0.5) is 0 Å². The Labute approximate surface area is 199 Å². The van der Waals surface area contributed by atoms with Gasteiger partial charge in [0, 0.05) is 16.8 Å². The Balaban J connectivity index is 1.97. The van der Waals surface area contributed by atoms with Crippen molar-refractivity contribution in [2.45, 2.75) is 30.7 Å². The van der Waals surface area contributed by atoms with E-state index in [9.17, 15) is 20.1 Å². The quantitative estimate of drug-likeness (QED) is 0.439. The number of carbonyl (C=O) groups is 1. The molecule has 1 aromatic heterocycles. The Hall–Kier alpha value is -2.94. The van der Waals surface area contributed by atoms with Crippen molar-refractivity contribution in [3.8, 4) is 11.5 Å². The largest absolute Gasteiger partial charge is 0.495 e. The summed E-state index contributed by atoms with van der Waals surface area (Å²) in [5, 5.41) is 31.1. The number of carboxylic acids is 1. The minimum absolute atomic E-state index is 0.0350. The van der Waals surface area contributed by atoms with Crippen LogP contribution in [0.5, 0.6) is 11.5 Å². The number of carboxylic acid groups (broad SMARTS) is 1. The highest BCUT2D eigenvalue weighted by atomic mass is 79.9. The van der Waals surface area contributed by atoms with Crippen LogP contribution in [0.25, 0.3) is 0 Å². The second-order valence-electron chi connectivity index (χ2n) is 8.00. The first-order valence-corrected chi connectivity index (χ1v) is 11.2. The molecule has 1 saturated carbocycles. The molecule has 1 aliphatic carbocycles. The lowest BCUT2D eigenvalue weighted by Crippen LogP contribution is -2.39. The number of aliphatic hydroxyl groups excluding tert-OH is 2. The molecule has 4 rings (SSSR count). The molecule has 1 heterocycles. The second-order valence-corrected chi connectivity index (χ2v) is 8.91. The number of methoxy groups -OCH3 is 1. The summed E-state index contributed by atoms with van der Waals surface area (Å²) in [6.45, 7) is -0.363. The van der Waals surface area contributed by atoms with Gasteiger partial charge in [-0.05, 0) is 23.3 Å². The van der Waals surface area contributed by atoms with E-state index in [1.54, 1.807) is 0 Å². The molecule has 3 aromatic rings. The van der Waals surface area contributed by atoms with E-state index in [1.807, 2.05) is 54.6 Å². The third-order valence-electron chi connectivity index (χ3n) is 6.21. The van der Waals surface area contributed by atoms with E-state index in [4.69, 9.17) is 9.47 Å². The minimum atomic E-state index is -1.25. The summed E-state index contributed by atoms with van der Waals surface area (Å²) in [6, 6.07) is 16.6. The molecule has 1 fully saturated rings. The molecule has 33 heavy (non-hydrogen) atoms. The van der Waals surface area contributed by atoms with Crippen LogP contribution in [0.1, 0.15) is 29.0 Å². The summed E-state index contributed by atoms with van der Waals surface area (Å²) >= 11 is 3.44. The number of ether oxygens (including phenoxy) is 2. The Bertz CT molecular complexity index is 1120. The highest BCUT2D eigenvalue weighted by molar-refractivity contribution is 9.10. The van der Waals surface area contributed by atoms with Crippen LogP contribution in [-0.4, -0.2) is 39.5 Å². The van der Waals surface area contributed by atoms with Crippen LogP contribution in [0.2, 0.25) is 0 Å². The molecule has 3 N–H and O–H groups in total. The van der Waals surface area contributed by atoms with E-state index in [0.717, 1.165) is 10.0 Å². The monoisotopic (exact) mass is 513 g/mol. The van der Waals surface area contributed by atoms with Gasteiger partial charge in [-0.1, -0.05) is 58.4 Å². The van der Waals surface area contributed by atoms with Gasteiger partial charge < -0.3 is 24.8 Å². The lowest BCUT2D eigenvalue weighted by Gasteiger charge is -2.38. The molecule has 0 bridgehead atoms. The number of pyridine rings is 1. The predicted octanol–water partition coefficient (Wildman–Crippen LogP) is 3.87. The maximum Gasteiger partial charge on any atom is 0.309 e. The standard InChI is InChI=1S/C25H24BrNO6/c1-32-20-12-27-13-21(18(20)14-28)33-25(16-7-9-17(26)10-8-16)11-19(29)22(24(30)31)23(25)15-5-3-2-4-6-15/h2-10,12-13,19,22-23,28-29H,11,14H2,1H3,(H,30,31)/t19-,22-,23?,25?/m0/s1. The summed E-state index contributed by atoms with van der Waals surface area (Å²) in [4.78, 5) is 16.5. The number of aliphatic carboxylic acids is 1. The lowest BCUT2D eigenvalue weighted by molar-refractivity contribution is -0.145. The van der Waals surface area contributed by atoms with Crippen LogP contribution < -0.4 is 9.47 Å². The van der Waals surface area contributed by atoms with Crippen molar-refractivity contribution in [2.24, 2.45) is 5.92 Å². The van der Waals surface area contributed by atoms with E-state index < -0.39 is 29.5 Å². The minimum Gasteiger partial charge on any atom is -0.495 e. The number of benzene rings is 2. The molecule has 0 aliphatic heterocycles. The third-order valence-corrected chi connectivity index (χ3v) is 6.74. The number of rotatable bonds is 7. The van der Waals surface area contributed by atoms with Gasteiger partial charge in [-0.25, -0.2) is 0 Å². The Morgan fingerprint density at radius 1 is 1.12 bits per heavy atom. The van der Waals surface area contributed by atoms with Crippen LogP contribution >= 0.6 is 15.9 Å². The van der Waals surface area contributed by atoms with Crippen molar-refractivity contribution >= 4 is 21.9 Å². The van der Waals surface area contributed by atoms with Crippen molar-refractivity contribution in [1.82, 2.24) is 4.98 Å². The average Bonchev–Trinajstić information content (AvgIpc) is 3.12. The molecule has 2 aromatic carbocycles. The molecule has 172 valence electrons. The molecule has 8 heteroatoms. The summed E-state index contributed by atoms with van der Waals surface area (Å²) in [6.07, 6.45) is 1.82. The van der Waals surface area contributed by atoms with Crippen molar-refractivity contribution < 1.29 is 29.6 Å². The molecular weight excluding hydrogens is 490 g/mol. The van der Waals surface area contributed by atoms with Gasteiger partial charge in [0.2, 0.25) is 0 Å². The van der Waals surface area contributed by atoms with Gasteiger partial charge in [-0.3, -0.25) is 9.78 Å². The van der Waals surface area contributed by atoms with Gasteiger partial charge in [-0.2, -0.15) is 0 Å². The SMILES string of the molecule is COc1cncc(OC2(c3ccc(Br)cc3)C[C@H](O)[C@H](C(=O)O)C2c2ccccc2)c1CO. The zero-order valence-electron chi connectivity index (χ0n) is 17.9. The number of aliphatic hydroxyl groups is 2. The van der Waals surface area contributed by atoms with E-state index in [2.05, 4.69) is 20.9 Å². The third kappa shape index (κ3) is 4.21. The number of halogens is 1. The normalized spacial score (nSPS) is 24.4. The maximum absolute atomic E-state index is 12.3. The summed E-state index contributed by atoms with van der Waals surface area (Å²) in [5.41, 5.74) is 0.576. The fourth-order valence-electron chi connectivity index (χ4n) is 4.78. The van der Waals surface area contributed by atoms with Crippen LogP contribution in [0, 0.1) is 5.92 Å². The summed E-state index contributed by atoms with van der Waals surface area (Å²) in [5.74, 6) is -2.31. The van der Waals surface area contributed by atoms with Crippen molar-refractivity contribution in [3.05, 3.63) is 88.2 Å². The van der Waals surface area contributed by atoms with Gasteiger partial charge in [0.25, 0.3) is 0 Å². The molecule has 7 nitrogen and oxygen atoms in total. The number of aromatic nitrogens is 1. The predicted molar refractivity (Wildman–Crippen MR) is 124 cm³/mol. The Kier molecular flexibility index (Phi) is 6.69. The average molecular weight is 514 g/mol. The zero-order valence-corrected chi connectivity index (χ0v) is 19.5. The molecule has 2 unspecified atom stereocenters. The maximum atomic E-state index is 12.3. The second kappa shape index (κ2) is 9.51. The van der Waals surface area contributed by atoms with E-state index in [1.165, 1.54) is 19.5 Å². The zero-order chi connectivity index (χ0) is 23.6. The smallest absolute Gasteiger partial charge is 0.309 e. The molecule has 1 aliphatic rings. The van der Waals surface area contributed by atoms with E-state index in [0.29, 0.717) is 16.9 Å². The first-order valence-electron chi connectivity index (χ1n) is 10.4. The van der Waals surface area contributed by atoms with Crippen molar-refractivity contribution in [2.75, 3.05) is 7.11 Å². The molecule has 4 atom stereocenters. The number of hydrogen-bond acceptors (Lipinski definition) is 6. The fourth-order valence-corrected chi connectivity index (χ4v) is 5.04. The van der Waals surface area contributed by atoms with Crippen LogP contribution in [0.15, 0.2) is 71.5 Å². The van der Waals surface area contributed by atoms with Gasteiger partial charge >= 0.3 is 5.97 Å². The van der Waals surface area contributed by atoms with Crippen molar-refractivity contribution in [3.63, 3.8) is 0 Å². The molecule has 0 saturated heterocycles. The Morgan fingerprint density at radius 2 is 1.79 bits per heavy atom. The van der Waals surface area contributed by atoms with Crippen molar-refractivity contribution in [1.29, 1.82) is 0 Å². The van der Waals surface area contributed by atoms with Crippen LogP contribution in [-0.2, 0) is 17.0 Å². The summed E-state index contributed by atoms with van der Waals surface area (Å²) in [7, 11) is 1.47. The van der Waals surface area contributed by atoms with Gasteiger partial charge in [0.15, 0.2) is 0 Å². The summed E-state index contributed by atoms with van der Waals surface area (Å²) < 4.78 is 12.8. The first kappa shape index (κ1) is 23.2. The fraction of sp³-hybridized carbons (Fsp3) is 0.280. The van der Waals surface area contributed by atoms with E-state index in [-0.39, 0.29) is 18.8 Å².